The van der Waals surface area contributed by atoms with Gasteiger partial charge in [-0.2, -0.15) is 0 Å². The van der Waals surface area contributed by atoms with Crippen LogP contribution < -0.4 is 9.47 Å². The summed E-state index contributed by atoms with van der Waals surface area (Å²) in [4.78, 5) is 0. The third-order valence-electron chi connectivity index (χ3n) is 1.97. The average Bonchev–Trinajstić information content (AvgIpc) is 3.01. The molecular formula is C11H14O3. The molecule has 3 nitrogen and oxygen atoms in total. The molecule has 1 heterocycles. The highest BCUT2D eigenvalue weighted by Gasteiger charge is 2.22. The third-order valence-corrected chi connectivity index (χ3v) is 1.97. The van der Waals surface area contributed by atoms with Gasteiger partial charge >= 0.3 is 0 Å². The van der Waals surface area contributed by atoms with Crippen LogP contribution in [0.4, 0.5) is 0 Å². The van der Waals surface area contributed by atoms with Crippen LogP contribution in [0.2, 0.25) is 0 Å². The lowest BCUT2D eigenvalue weighted by atomic mass is 10.3. The van der Waals surface area contributed by atoms with Crippen LogP contribution in [0.1, 0.15) is 6.92 Å². The summed E-state index contributed by atoms with van der Waals surface area (Å²) in [5.41, 5.74) is 0. The van der Waals surface area contributed by atoms with Crippen LogP contribution >= 0.6 is 0 Å². The van der Waals surface area contributed by atoms with Crippen LogP contribution in [-0.2, 0) is 4.74 Å². The quantitative estimate of drug-likeness (QED) is 0.670. The van der Waals surface area contributed by atoms with E-state index in [0.29, 0.717) is 19.3 Å². The largest absolute Gasteiger partial charge is 0.494 e. The van der Waals surface area contributed by atoms with Crippen LogP contribution in [0.25, 0.3) is 0 Å². The van der Waals surface area contributed by atoms with Gasteiger partial charge in [-0.3, -0.25) is 0 Å². The van der Waals surface area contributed by atoms with Gasteiger partial charge < -0.3 is 14.2 Å². The topological polar surface area (TPSA) is 31.0 Å². The van der Waals surface area contributed by atoms with Crippen molar-refractivity contribution < 1.29 is 14.2 Å². The standard InChI is InChI=1S/C11H14O3/c1-2-12-9-3-5-10(6-4-9)13-7-11-8-14-11/h3-6,11H,2,7-8H2,1H3/t11-/m0/s1. The second-order valence-electron chi connectivity index (χ2n) is 3.17. The predicted molar refractivity (Wildman–Crippen MR) is 52.8 cm³/mol. The molecule has 0 amide bonds. The summed E-state index contributed by atoms with van der Waals surface area (Å²) in [7, 11) is 0. The highest BCUT2D eigenvalue weighted by molar-refractivity contribution is 5.31. The molecule has 76 valence electrons. The Kier molecular flexibility index (Phi) is 2.89. The molecule has 1 aromatic rings. The van der Waals surface area contributed by atoms with E-state index in [1.165, 1.54) is 0 Å². The molecule has 0 spiro atoms. The Balaban J connectivity index is 1.84. The lowest BCUT2D eigenvalue weighted by Crippen LogP contribution is -2.03. The van der Waals surface area contributed by atoms with Crippen molar-refractivity contribution in [1.29, 1.82) is 0 Å². The van der Waals surface area contributed by atoms with Gasteiger partial charge in [-0.1, -0.05) is 0 Å². The summed E-state index contributed by atoms with van der Waals surface area (Å²) in [5, 5.41) is 0. The lowest BCUT2D eigenvalue weighted by Gasteiger charge is -2.05. The van der Waals surface area contributed by atoms with Crippen molar-refractivity contribution in [1.82, 2.24) is 0 Å². The normalized spacial score (nSPS) is 19.1. The van der Waals surface area contributed by atoms with Crippen molar-refractivity contribution >= 4 is 0 Å². The second-order valence-corrected chi connectivity index (χ2v) is 3.17. The molecule has 1 atom stereocenters. The molecule has 2 rings (SSSR count). The molecule has 0 saturated carbocycles. The minimum atomic E-state index is 0.307. The summed E-state index contributed by atoms with van der Waals surface area (Å²) in [6, 6.07) is 7.64. The van der Waals surface area contributed by atoms with Crippen molar-refractivity contribution in [2.45, 2.75) is 13.0 Å². The molecule has 1 fully saturated rings. The van der Waals surface area contributed by atoms with Crippen LogP contribution in [0.3, 0.4) is 0 Å². The summed E-state index contributed by atoms with van der Waals surface area (Å²) in [6.07, 6.45) is 0.307. The van der Waals surface area contributed by atoms with Gasteiger partial charge in [-0.25, -0.2) is 0 Å². The number of benzene rings is 1. The van der Waals surface area contributed by atoms with E-state index in [-0.39, 0.29) is 0 Å². The van der Waals surface area contributed by atoms with Crippen molar-refractivity contribution in [2.75, 3.05) is 19.8 Å². The van der Waals surface area contributed by atoms with Crippen LogP contribution in [-0.4, -0.2) is 25.9 Å². The Labute approximate surface area is 83.6 Å². The first-order valence-electron chi connectivity index (χ1n) is 4.85. The Morgan fingerprint density at radius 3 is 2.29 bits per heavy atom. The van der Waals surface area contributed by atoms with E-state index in [4.69, 9.17) is 14.2 Å². The van der Waals surface area contributed by atoms with Gasteiger partial charge in [0.2, 0.25) is 0 Å². The van der Waals surface area contributed by atoms with Crippen LogP contribution in [0.15, 0.2) is 24.3 Å². The molecule has 0 N–H and O–H groups in total. The van der Waals surface area contributed by atoms with Gasteiger partial charge in [-0.15, -0.1) is 0 Å². The second kappa shape index (κ2) is 4.33. The van der Waals surface area contributed by atoms with Gasteiger partial charge in [0.05, 0.1) is 13.2 Å². The van der Waals surface area contributed by atoms with E-state index >= 15 is 0 Å². The fourth-order valence-corrected chi connectivity index (χ4v) is 1.15. The maximum atomic E-state index is 5.48. The summed E-state index contributed by atoms with van der Waals surface area (Å²) < 4.78 is 15.8. The molecule has 1 aliphatic heterocycles. The molecule has 1 saturated heterocycles. The molecule has 0 radical (unpaired) electrons. The molecular weight excluding hydrogens is 180 g/mol. The van der Waals surface area contributed by atoms with Crippen molar-refractivity contribution in [3.63, 3.8) is 0 Å². The van der Waals surface area contributed by atoms with Gasteiger partial charge in [-0.05, 0) is 31.2 Å². The number of rotatable bonds is 5. The zero-order chi connectivity index (χ0) is 9.80. The van der Waals surface area contributed by atoms with E-state index < -0.39 is 0 Å². The van der Waals surface area contributed by atoms with Gasteiger partial charge in [0, 0.05) is 0 Å². The fraction of sp³-hybridized carbons (Fsp3) is 0.455. The van der Waals surface area contributed by atoms with Crippen molar-refractivity contribution in [2.24, 2.45) is 0 Å². The van der Waals surface area contributed by atoms with E-state index in [1.54, 1.807) is 0 Å². The molecule has 14 heavy (non-hydrogen) atoms. The minimum absolute atomic E-state index is 0.307. The first-order chi connectivity index (χ1) is 6.88. The van der Waals surface area contributed by atoms with E-state index in [9.17, 15) is 0 Å². The average molecular weight is 194 g/mol. The first-order valence-corrected chi connectivity index (χ1v) is 4.85. The number of hydrogen-bond donors (Lipinski definition) is 0. The van der Waals surface area contributed by atoms with Crippen molar-refractivity contribution in [3.8, 4) is 11.5 Å². The fourth-order valence-electron chi connectivity index (χ4n) is 1.15. The number of hydrogen-bond acceptors (Lipinski definition) is 3. The summed E-state index contributed by atoms with van der Waals surface area (Å²) in [6.45, 7) is 4.13. The molecule has 1 aromatic carbocycles. The highest BCUT2D eigenvalue weighted by Crippen LogP contribution is 2.19. The maximum Gasteiger partial charge on any atom is 0.119 e. The van der Waals surface area contributed by atoms with Crippen LogP contribution in [0, 0.1) is 0 Å². The SMILES string of the molecule is CCOc1ccc(OC[C@H]2CO2)cc1. The predicted octanol–water partition coefficient (Wildman–Crippen LogP) is 1.86. The Morgan fingerprint density at radius 2 is 1.79 bits per heavy atom. The Bertz CT molecular complexity index is 277. The van der Waals surface area contributed by atoms with Crippen molar-refractivity contribution in [3.05, 3.63) is 24.3 Å². The van der Waals surface area contributed by atoms with Gasteiger partial charge in [0.15, 0.2) is 0 Å². The maximum absolute atomic E-state index is 5.48. The number of epoxide rings is 1. The third kappa shape index (κ3) is 2.64. The molecule has 0 bridgehead atoms. The Hall–Kier alpha value is -1.22. The van der Waals surface area contributed by atoms with Crippen LogP contribution in [0.5, 0.6) is 11.5 Å². The molecule has 0 aliphatic carbocycles. The van der Waals surface area contributed by atoms with Gasteiger partial charge in [0.1, 0.15) is 24.2 Å². The molecule has 1 aliphatic rings. The number of ether oxygens (including phenoxy) is 3. The first kappa shape index (κ1) is 9.34. The van der Waals surface area contributed by atoms with Gasteiger partial charge in [0.25, 0.3) is 0 Å². The molecule has 0 aromatic heterocycles. The zero-order valence-corrected chi connectivity index (χ0v) is 8.23. The monoisotopic (exact) mass is 194 g/mol. The summed E-state index contributed by atoms with van der Waals surface area (Å²) >= 11 is 0. The highest BCUT2D eigenvalue weighted by atomic mass is 16.6. The molecule has 3 heteroatoms. The van der Waals surface area contributed by atoms with E-state index in [2.05, 4.69) is 0 Å². The smallest absolute Gasteiger partial charge is 0.119 e. The van der Waals surface area contributed by atoms with E-state index in [1.807, 2.05) is 31.2 Å². The Morgan fingerprint density at radius 1 is 1.21 bits per heavy atom. The summed E-state index contributed by atoms with van der Waals surface area (Å²) in [5.74, 6) is 1.74. The minimum Gasteiger partial charge on any atom is -0.494 e. The zero-order valence-electron chi connectivity index (χ0n) is 8.23. The molecule has 0 unspecified atom stereocenters. The van der Waals surface area contributed by atoms with E-state index in [0.717, 1.165) is 18.1 Å². The lowest BCUT2D eigenvalue weighted by molar-refractivity contribution is 0.262.